The summed E-state index contributed by atoms with van der Waals surface area (Å²) in [6, 6.07) is 18.3. The molecule has 1 atom stereocenters. The van der Waals surface area contributed by atoms with Crippen molar-refractivity contribution in [2.45, 2.75) is 18.9 Å². The molecule has 4 rings (SSSR count). The number of nitrogens with zero attached hydrogens (tertiary/aromatic N) is 1. The molecular formula is C22H22N2O3. The van der Waals surface area contributed by atoms with Crippen molar-refractivity contribution in [1.29, 1.82) is 0 Å². The zero-order chi connectivity index (χ0) is 19.0. The van der Waals surface area contributed by atoms with Crippen molar-refractivity contribution in [3.63, 3.8) is 0 Å². The Hall–Kier alpha value is -2.92. The van der Waals surface area contributed by atoms with E-state index in [0.717, 1.165) is 29.3 Å². The number of rotatable bonds is 5. The maximum Gasteiger partial charge on any atom is 0.252 e. The molecule has 5 heteroatoms. The van der Waals surface area contributed by atoms with Crippen molar-refractivity contribution in [3.05, 3.63) is 82.1 Å². The predicted molar refractivity (Wildman–Crippen MR) is 105 cm³/mol. The number of pyridine rings is 1. The molecule has 3 aromatic rings. The van der Waals surface area contributed by atoms with Gasteiger partial charge < -0.3 is 15.0 Å². The Balaban J connectivity index is 1.56. The first kappa shape index (κ1) is 17.5. The number of nitrogens with one attached hydrogen (secondary N) is 1. The minimum absolute atomic E-state index is 0.218. The number of amides is 1. The lowest BCUT2D eigenvalue weighted by Crippen LogP contribution is -2.34. The van der Waals surface area contributed by atoms with Gasteiger partial charge in [-0.25, -0.2) is 0 Å². The van der Waals surface area contributed by atoms with Crippen LogP contribution < -0.4 is 10.9 Å². The van der Waals surface area contributed by atoms with Crippen LogP contribution in [0.5, 0.6) is 0 Å². The monoisotopic (exact) mass is 362 g/mol. The molecule has 138 valence electrons. The molecule has 27 heavy (non-hydrogen) atoms. The molecule has 0 aliphatic heterocycles. The second-order valence-electron chi connectivity index (χ2n) is 7.33. The summed E-state index contributed by atoms with van der Waals surface area (Å²) in [4.78, 5) is 25.0. The molecule has 0 radical (unpaired) electrons. The van der Waals surface area contributed by atoms with Crippen LogP contribution in [0.3, 0.4) is 0 Å². The van der Waals surface area contributed by atoms with Crippen molar-refractivity contribution in [2.24, 2.45) is 12.5 Å². The average molecular weight is 362 g/mol. The van der Waals surface area contributed by atoms with Gasteiger partial charge in [0.15, 0.2) is 0 Å². The number of fused-ring (bicyclic) bond motifs is 1. The number of hydrogen-bond donors (Lipinski definition) is 2. The molecule has 1 saturated carbocycles. The highest BCUT2D eigenvalue weighted by molar-refractivity contribution is 6.06. The molecule has 0 spiro atoms. The maximum atomic E-state index is 12.8. The lowest BCUT2D eigenvalue weighted by Gasteiger charge is -2.23. The van der Waals surface area contributed by atoms with Gasteiger partial charge in [0.2, 0.25) is 0 Å². The Kier molecular flexibility index (Phi) is 4.32. The van der Waals surface area contributed by atoms with E-state index in [1.807, 2.05) is 54.6 Å². The predicted octanol–water partition coefficient (Wildman–Crippen LogP) is 2.78. The smallest absolute Gasteiger partial charge is 0.252 e. The third-order valence-corrected chi connectivity index (χ3v) is 5.59. The van der Waals surface area contributed by atoms with Crippen molar-refractivity contribution >= 4 is 16.8 Å². The van der Waals surface area contributed by atoms with E-state index in [4.69, 9.17) is 0 Å². The van der Waals surface area contributed by atoms with Gasteiger partial charge in [0.1, 0.15) is 0 Å². The van der Waals surface area contributed by atoms with Crippen LogP contribution in [0.2, 0.25) is 0 Å². The molecule has 1 aliphatic rings. The molecule has 5 nitrogen and oxygen atoms in total. The van der Waals surface area contributed by atoms with E-state index in [0.29, 0.717) is 12.1 Å². The lowest BCUT2D eigenvalue weighted by molar-refractivity contribution is 0.0809. The molecule has 1 amide bonds. The first-order chi connectivity index (χ1) is 13.0. The standard InChI is InChI=1S/C22H22N2O3/c1-24-18-10-6-5-9-16(18)17(13-19(24)25)21(27)23-14-22(11-12-22)20(26)15-7-3-2-4-8-15/h2-10,13,20,26H,11-12,14H2,1H3,(H,23,27). The first-order valence-corrected chi connectivity index (χ1v) is 9.12. The fourth-order valence-corrected chi connectivity index (χ4v) is 3.65. The number of para-hydroxylation sites is 1. The quantitative estimate of drug-likeness (QED) is 0.733. The van der Waals surface area contributed by atoms with E-state index in [2.05, 4.69) is 5.32 Å². The highest BCUT2D eigenvalue weighted by atomic mass is 16.3. The number of aliphatic hydroxyl groups excluding tert-OH is 1. The molecule has 1 aromatic heterocycles. The van der Waals surface area contributed by atoms with Crippen LogP contribution in [0.1, 0.15) is 34.9 Å². The minimum atomic E-state index is -0.612. The number of aromatic nitrogens is 1. The molecule has 1 fully saturated rings. The molecule has 1 unspecified atom stereocenters. The van der Waals surface area contributed by atoms with Crippen LogP contribution in [0.4, 0.5) is 0 Å². The van der Waals surface area contributed by atoms with Gasteiger partial charge in [-0.2, -0.15) is 0 Å². The van der Waals surface area contributed by atoms with E-state index >= 15 is 0 Å². The number of aliphatic hydroxyl groups is 1. The highest BCUT2D eigenvalue weighted by Gasteiger charge is 2.49. The minimum Gasteiger partial charge on any atom is -0.388 e. The Bertz CT molecular complexity index is 1050. The van der Waals surface area contributed by atoms with Gasteiger partial charge >= 0.3 is 0 Å². The number of carbonyl (C=O) groups is 1. The summed E-state index contributed by atoms with van der Waals surface area (Å²) in [6.45, 7) is 0.380. The molecular weight excluding hydrogens is 340 g/mol. The number of aryl methyl sites for hydroxylation is 1. The van der Waals surface area contributed by atoms with Crippen LogP contribution >= 0.6 is 0 Å². The average Bonchev–Trinajstić information content (AvgIpc) is 3.50. The van der Waals surface area contributed by atoms with Gasteiger partial charge in [-0.05, 0) is 24.5 Å². The molecule has 0 saturated heterocycles. The number of benzene rings is 2. The van der Waals surface area contributed by atoms with E-state index in [9.17, 15) is 14.7 Å². The summed E-state index contributed by atoms with van der Waals surface area (Å²) >= 11 is 0. The van der Waals surface area contributed by atoms with E-state index in [1.54, 1.807) is 7.05 Å². The fraction of sp³-hybridized carbons (Fsp3) is 0.273. The number of carbonyl (C=O) groups excluding carboxylic acids is 1. The third-order valence-electron chi connectivity index (χ3n) is 5.59. The van der Waals surface area contributed by atoms with Gasteiger partial charge in [0, 0.05) is 30.5 Å². The zero-order valence-corrected chi connectivity index (χ0v) is 15.2. The molecule has 0 bridgehead atoms. The van der Waals surface area contributed by atoms with Crippen LogP contribution in [0, 0.1) is 5.41 Å². The summed E-state index contributed by atoms with van der Waals surface area (Å²) in [5, 5.41) is 14.4. The van der Waals surface area contributed by atoms with Crippen LogP contribution in [-0.4, -0.2) is 22.1 Å². The zero-order valence-electron chi connectivity index (χ0n) is 15.2. The summed E-state index contributed by atoms with van der Waals surface area (Å²) in [6.07, 6.45) is 1.11. The Morgan fingerprint density at radius 2 is 1.81 bits per heavy atom. The van der Waals surface area contributed by atoms with Crippen molar-refractivity contribution < 1.29 is 9.90 Å². The Morgan fingerprint density at radius 3 is 2.52 bits per heavy atom. The van der Waals surface area contributed by atoms with Crippen LogP contribution in [0.25, 0.3) is 10.9 Å². The van der Waals surface area contributed by atoms with E-state index in [-0.39, 0.29) is 16.9 Å². The molecule has 2 N–H and O–H groups in total. The van der Waals surface area contributed by atoms with Gasteiger partial charge in [-0.15, -0.1) is 0 Å². The van der Waals surface area contributed by atoms with Crippen molar-refractivity contribution in [1.82, 2.24) is 9.88 Å². The number of hydrogen-bond acceptors (Lipinski definition) is 3. The van der Waals surface area contributed by atoms with Crippen LogP contribution in [0.15, 0.2) is 65.5 Å². The Labute approximate surface area is 157 Å². The summed E-state index contributed by atoms with van der Waals surface area (Å²) in [5.41, 5.74) is 1.42. The Morgan fingerprint density at radius 1 is 1.15 bits per heavy atom. The van der Waals surface area contributed by atoms with Gasteiger partial charge in [-0.3, -0.25) is 9.59 Å². The SMILES string of the molecule is Cn1c(=O)cc(C(=O)NCC2(C(O)c3ccccc3)CC2)c2ccccc21. The molecule has 1 aliphatic carbocycles. The maximum absolute atomic E-state index is 12.8. The van der Waals surface area contributed by atoms with E-state index < -0.39 is 6.10 Å². The summed E-state index contributed by atoms with van der Waals surface area (Å²) < 4.78 is 1.54. The van der Waals surface area contributed by atoms with Crippen molar-refractivity contribution in [2.75, 3.05) is 6.54 Å². The second-order valence-corrected chi connectivity index (χ2v) is 7.33. The van der Waals surface area contributed by atoms with Gasteiger partial charge in [0.25, 0.3) is 11.5 Å². The van der Waals surface area contributed by atoms with Gasteiger partial charge in [-0.1, -0.05) is 48.5 Å². The first-order valence-electron chi connectivity index (χ1n) is 9.12. The van der Waals surface area contributed by atoms with Crippen LogP contribution in [-0.2, 0) is 7.05 Å². The summed E-state index contributed by atoms with van der Waals surface area (Å²) in [5.74, 6) is -0.282. The second kappa shape index (κ2) is 6.67. The normalized spacial score (nSPS) is 16.1. The fourth-order valence-electron chi connectivity index (χ4n) is 3.65. The largest absolute Gasteiger partial charge is 0.388 e. The molecule has 1 heterocycles. The third kappa shape index (κ3) is 3.15. The van der Waals surface area contributed by atoms with Gasteiger partial charge in [0.05, 0.1) is 17.2 Å². The van der Waals surface area contributed by atoms with E-state index in [1.165, 1.54) is 10.6 Å². The topological polar surface area (TPSA) is 71.3 Å². The summed E-state index contributed by atoms with van der Waals surface area (Å²) in [7, 11) is 1.70. The highest BCUT2D eigenvalue weighted by Crippen LogP contribution is 2.54. The molecule has 2 aromatic carbocycles. The van der Waals surface area contributed by atoms with Crippen molar-refractivity contribution in [3.8, 4) is 0 Å². The lowest BCUT2D eigenvalue weighted by atomic mass is 9.92.